The largest absolute Gasteiger partial charge is 0.494 e. The lowest BCUT2D eigenvalue weighted by molar-refractivity contribution is 0.0733. The van der Waals surface area contributed by atoms with Crippen molar-refractivity contribution >= 4 is 17.8 Å². The SMILES string of the molecule is CCCCCCCCCCCCCCCCCCOc1ccc(/C=C/C(=O)c2cccc(OC(=O)c3ccc(OCCCCCCCCCCCCCCCCCC)cc3)c2)cc1. The van der Waals surface area contributed by atoms with E-state index < -0.39 is 5.97 Å². The predicted octanol–water partition coefficient (Wildman–Crippen LogP) is 18.1. The van der Waals surface area contributed by atoms with Crippen molar-refractivity contribution in [3.63, 3.8) is 0 Å². The zero-order valence-electron chi connectivity index (χ0n) is 40.2. The van der Waals surface area contributed by atoms with E-state index in [4.69, 9.17) is 14.2 Å². The molecule has 5 heteroatoms. The summed E-state index contributed by atoms with van der Waals surface area (Å²) in [5, 5.41) is 0. The van der Waals surface area contributed by atoms with Crippen LogP contribution >= 0.6 is 0 Å². The number of ketones is 1. The van der Waals surface area contributed by atoms with Gasteiger partial charge >= 0.3 is 5.97 Å². The molecule has 0 atom stereocenters. The van der Waals surface area contributed by atoms with Crippen LogP contribution < -0.4 is 14.2 Å². The van der Waals surface area contributed by atoms with Crippen molar-refractivity contribution in [1.29, 1.82) is 0 Å². The molecule has 3 rings (SSSR count). The van der Waals surface area contributed by atoms with E-state index in [2.05, 4.69) is 13.8 Å². The smallest absolute Gasteiger partial charge is 0.343 e. The molecule has 0 saturated heterocycles. The number of esters is 1. The number of hydrogen-bond donors (Lipinski definition) is 0. The number of rotatable bonds is 41. The Hall–Kier alpha value is -3.86. The highest BCUT2D eigenvalue weighted by atomic mass is 16.5. The van der Waals surface area contributed by atoms with Crippen molar-refractivity contribution in [3.05, 3.63) is 95.6 Å². The van der Waals surface area contributed by atoms with Gasteiger partial charge in [-0.3, -0.25) is 4.79 Å². The summed E-state index contributed by atoms with van der Waals surface area (Å²) in [5.41, 5.74) is 1.80. The fraction of sp³-hybridized carbons (Fsp3) is 0.621. The molecule has 5 nitrogen and oxygen atoms in total. The summed E-state index contributed by atoms with van der Waals surface area (Å²) in [6, 6.07) is 21.7. The minimum absolute atomic E-state index is 0.164. The number of allylic oxidation sites excluding steroid dienone is 1. The van der Waals surface area contributed by atoms with Crippen LogP contribution in [0.2, 0.25) is 0 Å². The van der Waals surface area contributed by atoms with E-state index >= 15 is 0 Å². The van der Waals surface area contributed by atoms with E-state index in [1.54, 1.807) is 48.6 Å². The van der Waals surface area contributed by atoms with Crippen molar-refractivity contribution in [3.8, 4) is 17.2 Å². The van der Waals surface area contributed by atoms with Gasteiger partial charge in [-0.25, -0.2) is 4.79 Å². The minimum Gasteiger partial charge on any atom is -0.494 e. The summed E-state index contributed by atoms with van der Waals surface area (Å²) >= 11 is 0. The van der Waals surface area contributed by atoms with E-state index in [0.717, 1.165) is 36.5 Å². The molecule has 0 saturated carbocycles. The maximum absolute atomic E-state index is 13.0. The number of carbonyl (C=O) groups is 2. The molecule has 3 aromatic carbocycles. The number of ether oxygens (including phenoxy) is 3. The van der Waals surface area contributed by atoms with Crippen LogP contribution in [0.1, 0.15) is 246 Å². The molecule has 0 fully saturated rings. The summed E-state index contributed by atoms with van der Waals surface area (Å²) in [5.74, 6) is 1.29. The third kappa shape index (κ3) is 27.8. The van der Waals surface area contributed by atoms with Gasteiger partial charge in [-0.05, 0) is 73.0 Å². The molecule has 0 amide bonds. The molecule has 3 aromatic rings. The second kappa shape index (κ2) is 37.5. The summed E-state index contributed by atoms with van der Waals surface area (Å²) in [7, 11) is 0. The molecule has 63 heavy (non-hydrogen) atoms. The standard InChI is InChI=1S/C58H88O5/c1-3-5-7-9-11-13-15-17-19-21-23-25-27-29-31-33-48-61-54-43-38-51(39-44-54)40-47-57(59)53-36-35-37-56(50-53)63-58(60)52-41-45-55(46-42-52)62-49-34-32-30-28-26-24-22-20-18-16-14-12-10-8-6-4-2/h35-47,50H,3-34,48-49H2,1-2H3/b47-40+. The van der Waals surface area contributed by atoms with Crippen LogP contribution in [0, 0.1) is 0 Å². The molecule has 0 aliphatic carbocycles. The second-order valence-corrected chi connectivity index (χ2v) is 18.0. The van der Waals surface area contributed by atoms with Crippen molar-refractivity contribution in [2.75, 3.05) is 13.2 Å². The van der Waals surface area contributed by atoms with E-state index in [-0.39, 0.29) is 5.78 Å². The van der Waals surface area contributed by atoms with Gasteiger partial charge in [-0.1, -0.05) is 237 Å². The summed E-state index contributed by atoms with van der Waals surface area (Å²) in [4.78, 5) is 25.9. The highest BCUT2D eigenvalue weighted by molar-refractivity contribution is 6.07. The molecular formula is C58H88O5. The van der Waals surface area contributed by atoms with Gasteiger partial charge in [-0.15, -0.1) is 0 Å². The average Bonchev–Trinajstić information content (AvgIpc) is 3.31. The first kappa shape index (κ1) is 53.5. The van der Waals surface area contributed by atoms with Crippen LogP contribution in [-0.4, -0.2) is 25.0 Å². The summed E-state index contributed by atoms with van der Waals surface area (Å²) in [6.45, 7) is 5.97. The maximum atomic E-state index is 13.0. The highest BCUT2D eigenvalue weighted by Gasteiger charge is 2.11. The monoisotopic (exact) mass is 865 g/mol. The van der Waals surface area contributed by atoms with Gasteiger partial charge in [0.25, 0.3) is 0 Å². The zero-order chi connectivity index (χ0) is 44.7. The Morgan fingerprint density at radius 1 is 0.397 bits per heavy atom. The zero-order valence-corrected chi connectivity index (χ0v) is 40.2. The van der Waals surface area contributed by atoms with Crippen LogP contribution in [0.3, 0.4) is 0 Å². The van der Waals surface area contributed by atoms with E-state index in [9.17, 15) is 9.59 Å². The molecule has 0 aliphatic heterocycles. The number of unbranched alkanes of at least 4 members (excludes halogenated alkanes) is 30. The number of benzene rings is 3. The Balaban J connectivity index is 1.20. The summed E-state index contributed by atoms with van der Waals surface area (Å²) < 4.78 is 17.5. The molecule has 0 radical (unpaired) electrons. The molecule has 0 bridgehead atoms. The minimum atomic E-state index is -0.475. The number of hydrogen-bond acceptors (Lipinski definition) is 5. The molecule has 0 unspecified atom stereocenters. The molecular weight excluding hydrogens is 777 g/mol. The maximum Gasteiger partial charge on any atom is 0.343 e. The number of carbonyl (C=O) groups excluding carboxylic acids is 2. The van der Waals surface area contributed by atoms with Gasteiger partial charge in [0.1, 0.15) is 17.2 Å². The van der Waals surface area contributed by atoms with E-state index in [1.807, 2.05) is 36.4 Å². The van der Waals surface area contributed by atoms with Crippen molar-refractivity contribution < 1.29 is 23.8 Å². The van der Waals surface area contributed by atoms with Gasteiger partial charge in [0.2, 0.25) is 0 Å². The van der Waals surface area contributed by atoms with E-state index in [0.29, 0.717) is 23.5 Å². The van der Waals surface area contributed by atoms with Crippen LogP contribution in [0.25, 0.3) is 6.08 Å². The van der Waals surface area contributed by atoms with Crippen LogP contribution in [0.4, 0.5) is 0 Å². The highest BCUT2D eigenvalue weighted by Crippen LogP contribution is 2.21. The van der Waals surface area contributed by atoms with Crippen molar-refractivity contribution in [2.24, 2.45) is 0 Å². The third-order valence-electron chi connectivity index (χ3n) is 12.3. The first-order valence-electron chi connectivity index (χ1n) is 26.1. The topological polar surface area (TPSA) is 61.8 Å². The molecule has 0 spiro atoms. The van der Waals surface area contributed by atoms with Gasteiger partial charge in [0.15, 0.2) is 5.78 Å². The summed E-state index contributed by atoms with van der Waals surface area (Å²) in [6.07, 6.45) is 46.7. The quantitative estimate of drug-likeness (QED) is 0.0187. The Morgan fingerprint density at radius 3 is 1.16 bits per heavy atom. The fourth-order valence-electron chi connectivity index (χ4n) is 8.19. The Labute approximate surface area is 385 Å². The Kier molecular flexibility index (Phi) is 31.8. The normalized spacial score (nSPS) is 11.3. The Morgan fingerprint density at radius 2 is 0.762 bits per heavy atom. The lowest BCUT2D eigenvalue weighted by atomic mass is 10.0. The molecule has 0 heterocycles. The lowest BCUT2D eigenvalue weighted by Crippen LogP contribution is -2.09. The Bertz CT molecular complexity index is 1580. The molecule has 0 aromatic heterocycles. The van der Waals surface area contributed by atoms with Gasteiger partial charge < -0.3 is 14.2 Å². The van der Waals surface area contributed by atoms with Gasteiger partial charge in [-0.2, -0.15) is 0 Å². The van der Waals surface area contributed by atoms with Crippen LogP contribution in [0.15, 0.2) is 78.9 Å². The van der Waals surface area contributed by atoms with Gasteiger partial charge in [0.05, 0.1) is 18.8 Å². The fourth-order valence-corrected chi connectivity index (χ4v) is 8.19. The lowest BCUT2D eigenvalue weighted by Gasteiger charge is -2.08. The van der Waals surface area contributed by atoms with Crippen molar-refractivity contribution in [2.45, 2.75) is 219 Å². The predicted molar refractivity (Wildman–Crippen MR) is 268 cm³/mol. The average molecular weight is 865 g/mol. The second-order valence-electron chi connectivity index (χ2n) is 18.0. The molecule has 0 aliphatic rings. The third-order valence-corrected chi connectivity index (χ3v) is 12.3. The van der Waals surface area contributed by atoms with Crippen LogP contribution in [-0.2, 0) is 0 Å². The molecule has 0 N–H and O–H groups in total. The first-order chi connectivity index (χ1) is 31.1. The van der Waals surface area contributed by atoms with Gasteiger partial charge in [0, 0.05) is 5.56 Å². The first-order valence-corrected chi connectivity index (χ1v) is 26.1. The molecule has 350 valence electrons. The van der Waals surface area contributed by atoms with E-state index in [1.165, 1.54) is 193 Å². The van der Waals surface area contributed by atoms with Crippen LogP contribution in [0.5, 0.6) is 17.2 Å². The van der Waals surface area contributed by atoms with Crippen molar-refractivity contribution in [1.82, 2.24) is 0 Å².